The van der Waals surface area contributed by atoms with E-state index in [2.05, 4.69) is 30.3 Å². The van der Waals surface area contributed by atoms with Gasteiger partial charge in [0.05, 0.1) is 13.0 Å². The third kappa shape index (κ3) is 3.20. The maximum absolute atomic E-state index is 11.7. The lowest BCUT2D eigenvalue weighted by atomic mass is 9.68. The zero-order chi connectivity index (χ0) is 13.9. The smallest absolute Gasteiger partial charge is 0.308 e. The predicted molar refractivity (Wildman–Crippen MR) is 81.7 cm³/mol. The first-order valence-electron chi connectivity index (χ1n) is 7.54. The summed E-state index contributed by atoms with van der Waals surface area (Å²) in [5.41, 5.74) is 0. The predicted octanol–water partition coefficient (Wildman–Crippen LogP) is 4.15. The fourth-order valence-electron chi connectivity index (χ4n) is 3.94. The molecule has 2 aliphatic rings. The molecule has 0 heterocycles. The molecule has 3 rings (SSSR count). The summed E-state index contributed by atoms with van der Waals surface area (Å²) >= 11 is 2.02. The molecule has 0 amide bonds. The zero-order valence-electron chi connectivity index (χ0n) is 12.0. The van der Waals surface area contributed by atoms with E-state index in [1.54, 1.807) is 0 Å². The number of thioether (sulfide) groups is 1. The van der Waals surface area contributed by atoms with Crippen molar-refractivity contribution in [2.45, 2.75) is 42.2 Å². The van der Waals surface area contributed by atoms with Gasteiger partial charge in [-0.3, -0.25) is 4.79 Å². The second kappa shape index (κ2) is 6.21. The Morgan fingerprint density at radius 2 is 1.70 bits per heavy atom. The number of fused-ring (bicyclic) bond motifs is 2. The normalized spacial score (nSPS) is 32.6. The average Bonchev–Trinajstić information content (AvgIpc) is 2.46. The Hall–Kier alpha value is -0.960. The number of hydrogen-bond donors (Lipinski definition) is 0. The van der Waals surface area contributed by atoms with Crippen LogP contribution in [0, 0.1) is 17.8 Å². The Balaban J connectivity index is 1.60. The summed E-state index contributed by atoms with van der Waals surface area (Å²) in [6.45, 7) is 0. The minimum absolute atomic E-state index is 0.00821. The van der Waals surface area contributed by atoms with Crippen LogP contribution in [0.5, 0.6) is 0 Å². The van der Waals surface area contributed by atoms with Crippen LogP contribution in [0.4, 0.5) is 0 Å². The highest BCUT2D eigenvalue weighted by Crippen LogP contribution is 2.47. The van der Waals surface area contributed by atoms with Gasteiger partial charge in [-0.05, 0) is 56.1 Å². The minimum atomic E-state index is 0.00821. The second-order valence-electron chi connectivity index (χ2n) is 6.18. The van der Waals surface area contributed by atoms with Gasteiger partial charge >= 0.3 is 5.97 Å². The van der Waals surface area contributed by atoms with Crippen molar-refractivity contribution in [3.8, 4) is 0 Å². The summed E-state index contributed by atoms with van der Waals surface area (Å²) in [5.74, 6) is 1.60. The van der Waals surface area contributed by atoms with Gasteiger partial charge in [0.25, 0.3) is 0 Å². The number of ether oxygens (including phenoxy) is 1. The van der Waals surface area contributed by atoms with Gasteiger partial charge in [-0.1, -0.05) is 18.2 Å². The maximum Gasteiger partial charge on any atom is 0.308 e. The molecule has 0 N–H and O–H groups in total. The first-order valence-corrected chi connectivity index (χ1v) is 8.42. The zero-order valence-corrected chi connectivity index (χ0v) is 12.8. The molecule has 0 spiro atoms. The summed E-state index contributed by atoms with van der Waals surface area (Å²) in [6.07, 6.45) is 5.90. The van der Waals surface area contributed by atoms with E-state index in [0.717, 1.165) is 18.1 Å². The van der Waals surface area contributed by atoms with Gasteiger partial charge in [0.1, 0.15) is 0 Å². The molecular weight excluding hydrogens is 268 g/mol. The summed E-state index contributed by atoms with van der Waals surface area (Å²) in [5, 5.41) is 0.722. The fraction of sp³-hybridized carbons (Fsp3) is 0.588. The van der Waals surface area contributed by atoms with Crippen molar-refractivity contribution >= 4 is 17.7 Å². The van der Waals surface area contributed by atoms with E-state index in [-0.39, 0.29) is 11.9 Å². The molecule has 2 nitrogen and oxygen atoms in total. The third-order valence-electron chi connectivity index (χ3n) is 4.68. The van der Waals surface area contributed by atoms with E-state index in [4.69, 9.17) is 4.74 Å². The van der Waals surface area contributed by atoms with Crippen molar-refractivity contribution in [1.29, 1.82) is 0 Å². The Morgan fingerprint density at radius 1 is 1.05 bits per heavy atom. The molecule has 2 aliphatic carbocycles. The number of hydrogen-bond acceptors (Lipinski definition) is 3. The van der Waals surface area contributed by atoms with E-state index in [9.17, 15) is 4.79 Å². The molecule has 2 fully saturated rings. The highest BCUT2D eigenvalue weighted by Gasteiger charge is 2.39. The molecule has 0 saturated heterocycles. The summed E-state index contributed by atoms with van der Waals surface area (Å²) in [4.78, 5) is 13.1. The first kappa shape index (κ1) is 14.0. The first-order chi connectivity index (χ1) is 9.74. The van der Waals surface area contributed by atoms with Crippen molar-refractivity contribution < 1.29 is 9.53 Å². The highest BCUT2D eigenvalue weighted by atomic mass is 32.2. The lowest BCUT2D eigenvalue weighted by molar-refractivity contribution is -0.148. The molecule has 2 saturated carbocycles. The van der Waals surface area contributed by atoms with Crippen LogP contribution in [0.25, 0.3) is 0 Å². The van der Waals surface area contributed by atoms with Crippen LogP contribution in [0.3, 0.4) is 0 Å². The standard InChI is InChI=1S/C17H22O2S/c1-19-17(18)14-8-12-7-13(9-14)11-16(10-12)20-15-5-3-2-4-6-15/h2-6,12-14,16H,7-11H2,1H3/t12-,13?,14?,16?/m1/s1. The highest BCUT2D eigenvalue weighted by molar-refractivity contribution is 8.00. The van der Waals surface area contributed by atoms with Crippen LogP contribution < -0.4 is 0 Å². The lowest BCUT2D eigenvalue weighted by Crippen LogP contribution is -2.35. The van der Waals surface area contributed by atoms with Gasteiger partial charge in [0.2, 0.25) is 0 Å². The Labute approximate surface area is 125 Å². The van der Waals surface area contributed by atoms with Crippen molar-refractivity contribution in [3.05, 3.63) is 30.3 Å². The quantitative estimate of drug-likeness (QED) is 0.782. The van der Waals surface area contributed by atoms with Crippen molar-refractivity contribution in [2.75, 3.05) is 7.11 Å². The van der Waals surface area contributed by atoms with Gasteiger partial charge < -0.3 is 4.74 Å². The summed E-state index contributed by atoms with van der Waals surface area (Å²) in [7, 11) is 1.51. The molecule has 108 valence electrons. The van der Waals surface area contributed by atoms with Gasteiger partial charge in [0, 0.05) is 10.1 Å². The SMILES string of the molecule is COC(=O)C1CC2CC(Sc3ccccc3)C[C@H](C2)C1. The molecule has 0 aromatic heterocycles. The average molecular weight is 290 g/mol. The molecule has 3 unspecified atom stereocenters. The van der Waals surface area contributed by atoms with Gasteiger partial charge in [-0.15, -0.1) is 11.8 Å². The van der Waals surface area contributed by atoms with Gasteiger partial charge in [-0.25, -0.2) is 0 Å². The number of benzene rings is 1. The van der Waals surface area contributed by atoms with E-state index in [0.29, 0.717) is 11.8 Å². The van der Waals surface area contributed by atoms with Crippen LogP contribution in [-0.4, -0.2) is 18.3 Å². The van der Waals surface area contributed by atoms with Crippen LogP contribution in [0.15, 0.2) is 35.2 Å². The molecule has 4 atom stereocenters. The van der Waals surface area contributed by atoms with Crippen molar-refractivity contribution in [2.24, 2.45) is 17.8 Å². The molecule has 2 bridgehead atoms. The van der Waals surface area contributed by atoms with Crippen LogP contribution in [-0.2, 0) is 9.53 Å². The second-order valence-corrected chi connectivity index (χ2v) is 7.56. The number of carbonyl (C=O) groups is 1. The number of esters is 1. The topological polar surface area (TPSA) is 26.3 Å². The van der Waals surface area contributed by atoms with Crippen molar-refractivity contribution in [1.82, 2.24) is 0 Å². The Bertz CT molecular complexity index is 445. The summed E-state index contributed by atoms with van der Waals surface area (Å²) < 4.78 is 4.93. The maximum atomic E-state index is 11.7. The molecule has 1 aromatic carbocycles. The van der Waals surface area contributed by atoms with Gasteiger partial charge in [0.15, 0.2) is 0 Å². The number of rotatable bonds is 3. The molecule has 1 aromatic rings. The van der Waals surface area contributed by atoms with E-state index in [1.807, 2.05) is 11.8 Å². The number of carbonyl (C=O) groups excluding carboxylic acids is 1. The summed E-state index contributed by atoms with van der Waals surface area (Å²) in [6, 6.07) is 10.7. The molecule has 3 heteroatoms. The largest absolute Gasteiger partial charge is 0.469 e. The van der Waals surface area contributed by atoms with Gasteiger partial charge in [-0.2, -0.15) is 0 Å². The fourth-order valence-corrected chi connectivity index (χ4v) is 5.37. The van der Waals surface area contributed by atoms with Crippen molar-refractivity contribution in [3.63, 3.8) is 0 Å². The van der Waals surface area contributed by atoms with Crippen LogP contribution in [0.2, 0.25) is 0 Å². The Kier molecular flexibility index (Phi) is 4.35. The van der Waals surface area contributed by atoms with Crippen LogP contribution in [0.1, 0.15) is 32.1 Å². The molecular formula is C17H22O2S. The lowest BCUT2D eigenvalue weighted by Gasteiger charge is -2.41. The minimum Gasteiger partial charge on any atom is -0.469 e. The molecule has 0 aliphatic heterocycles. The van der Waals surface area contributed by atoms with Crippen LogP contribution >= 0.6 is 11.8 Å². The van der Waals surface area contributed by atoms with E-state index < -0.39 is 0 Å². The Morgan fingerprint density at radius 3 is 2.30 bits per heavy atom. The monoisotopic (exact) mass is 290 g/mol. The molecule has 20 heavy (non-hydrogen) atoms. The third-order valence-corrected chi connectivity index (χ3v) is 5.94. The molecule has 0 radical (unpaired) electrons. The van der Waals surface area contributed by atoms with E-state index >= 15 is 0 Å². The van der Waals surface area contributed by atoms with E-state index in [1.165, 1.54) is 31.3 Å². The number of methoxy groups -OCH3 is 1.